The van der Waals surface area contributed by atoms with Crippen molar-refractivity contribution < 1.29 is 9.53 Å². The van der Waals surface area contributed by atoms with E-state index in [-0.39, 0.29) is 11.7 Å². The van der Waals surface area contributed by atoms with Crippen LogP contribution in [0.4, 0.5) is 10.6 Å². The molecule has 28 heavy (non-hydrogen) atoms. The molecule has 2 aliphatic heterocycles. The maximum Gasteiger partial charge on any atom is 0.407 e. The van der Waals surface area contributed by atoms with Crippen LogP contribution < -0.4 is 10.2 Å². The second kappa shape index (κ2) is 6.30. The van der Waals surface area contributed by atoms with Gasteiger partial charge in [-0.1, -0.05) is 12.0 Å². The highest BCUT2D eigenvalue weighted by Crippen LogP contribution is 2.32. The Labute approximate surface area is 162 Å². The monoisotopic (exact) mass is 376 g/mol. The number of carbonyl (C=O) groups excluding carboxylic acids is 1. The number of fused-ring (bicyclic) bond motifs is 1. The van der Waals surface area contributed by atoms with Gasteiger partial charge in [-0.15, -0.1) is 0 Å². The van der Waals surface area contributed by atoms with Gasteiger partial charge in [0.05, 0.1) is 24.5 Å². The molecule has 1 spiro atoms. The van der Waals surface area contributed by atoms with Crippen molar-refractivity contribution in [1.82, 2.24) is 24.5 Å². The van der Waals surface area contributed by atoms with E-state index in [1.165, 1.54) is 0 Å². The summed E-state index contributed by atoms with van der Waals surface area (Å²) in [6, 6.07) is 6.07. The Morgan fingerprint density at radius 3 is 2.79 bits per heavy atom. The van der Waals surface area contributed by atoms with Crippen molar-refractivity contribution in [3.8, 4) is 11.8 Å². The van der Waals surface area contributed by atoms with Gasteiger partial charge in [-0.05, 0) is 18.1 Å². The van der Waals surface area contributed by atoms with Gasteiger partial charge < -0.3 is 15.0 Å². The van der Waals surface area contributed by atoms with E-state index in [9.17, 15) is 4.79 Å². The lowest BCUT2D eigenvalue weighted by molar-refractivity contribution is 0.0365. The lowest BCUT2D eigenvalue weighted by atomic mass is 9.91. The van der Waals surface area contributed by atoms with E-state index in [4.69, 9.17) is 4.74 Å². The van der Waals surface area contributed by atoms with Crippen molar-refractivity contribution >= 4 is 17.6 Å². The SMILES string of the molecule is Cn1cc(C#Cc2cnc3cccc(N4CCC5(CC4)CNC(=O)O5)n23)cn1. The summed E-state index contributed by atoms with van der Waals surface area (Å²) in [5.74, 6) is 7.43. The molecular weight excluding hydrogens is 356 g/mol. The summed E-state index contributed by atoms with van der Waals surface area (Å²) in [6.07, 6.45) is 6.73. The van der Waals surface area contributed by atoms with Crippen molar-refractivity contribution in [3.05, 3.63) is 48.0 Å². The number of nitrogens with one attached hydrogen (secondary N) is 1. The Morgan fingerprint density at radius 1 is 1.21 bits per heavy atom. The molecule has 0 aromatic carbocycles. The minimum atomic E-state index is -0.362. The van der Waals surface area contributed by atoms with Gasteiger partial charge in [0.2, 0.25) is 0 Å². The van der Waals surface area contributed by atoms with Gasteiger partial charge in [-0.25, -0.2) is 9.78 Å². The Hall–Kier alpha value is -3.47. The quantitative estimate of drug-likeness (QED) is 0.652. The zero-order valence-corrected chi connectivity index (χ0v) is 15.6. The second-order valence-corrected chi connectivity index (χ2v) is 7.29. The lowest BCUT2D eigenvalue weighted by Gasteiger charge is -2.38. The lowest BCUT2D eigenvalue weighted by Crippen LogP contribution is -2.47. The number of pyridine rings is 1. The zero-order chi connectivity index (χ0) is 19.1. The van der Waals surface area contributed by atoms with Crippen LogP contribution in [0.3, 0.4) is 0 Å². The second-order valence-electron chi connectivity index (χ2n) is 7.29. The van der Waals surface area contributed by atoms with Crippen LogP contribution in [-0.4, -0.2) is 50.5 Å². The van der Waals surface area contributed by atoms with Gasteiger partial charge >= 0.3 is 6.09 Å². The van der Waals surface area contributed by atoms with Crippen LogP contribution >= 0.6 is 0 Å². The summed E-state index contributed by atoms with van der Waals surface area (Å²) in [5, 5.41) is 6.94. The summed E-state index contributed by atoms with van der Waals surface area (Å²) < 4.78 is 9.35. The predicted molar refractivity (Wildman–Crippen MR) is 103 cm³/mol. The minimum absolute atomic E-state index is 0.307. The van der Waals surface area contributed by atoms with Crippen molar-refractivity contribution in [3.63, 3.8) is 0 Å². The number of carbonyl (C=O) groups is 1. The van der Waals surface area contributed by atoms with Gasteiger partial charge in [0.1, 0.15) is 22.8 Å². The van der Waals surface area contributed by atoms with Crippen LogP contribution in [0.25, 0.3) is 5.65 Å². The third-order valence-electron chi connectivity index (χ3n) is 5.41. The molecular formula is C20H20N6O2. The standard InChI is InChI=1S/C20H20N6O2/c1-24-13-15(11-23-24)5-6-16-12-21-17-3-2-4-18(26(16)17)25-9-7-20(8-10-25)14-22-19(27)28-20/h2-4,11-13H,7-10,14H2,1H3,(H,22,27). The van der Waals surface area contributed by atoms with E-state index in [0.717, 1.165) is 48.7 Å². The maximum atomic E-state index is 11.5. The fourth-order valence-corrected chi connectivity index (χ4v) is 3.90. The minimum Gasteiger partial charge on any atom is -0.441 e. The molecule has 0 bridgehead atoms. The smallest absolute Gasteiger partial charge is 0.407 e. The molecule has 8 nitrogen and oxygen atoms in total. The third kappa shape index (κ3) is 2.85. The van der Waals surface area contributed by atoms with Crippen molar-refractivity contribution in [1.29, 1.82) is 0 Å². The molecule has 5 rings (SSSR count). The number of aryl methyl sites for hydroxylation is 1. The molecule has 3 aromatic heterocycles. The molecule has 0 saturated carbocycles. The normalized spacial score (nSPS) is 18.0. The number of ether oxygens (including phenoxy) is 1. The number of amides is 1. The molecule has 2 saturated heterocycles. The number of anilines is 1. The molecule has 2 aliphatic rings. The summed E-state index contributed by atoms with van der Waals surface area (Å²) in [6.45, 7) is 2.21. The molecule has 0 unspecified atom stereocenters. The highest BCUT2D eigenvalue weighted by Gasteiger charge is 2.43. The van der Waals surface area contributed by atoms with Crippen LogP contribution in [-0.2, 0) is 11.8 Å². The molecule has 5 heterocycles. The van der Waals surface area contributed by atoms with E-state index in [2.05, 4.69) is 42.6 Å². The number of hydrogen-bond donors (Lipinski definition) is 1. The predicted octanol–water partition coefficient (Wildman–Crippen LogP) is 1.55. The fourth-order valence-electron chi connectivity index (χ4n) is 3.90. The van der Waals surface area contributed by atoms with Crippen molar-refractivity contribution in [2.75, 3.05) is 24.5 Å². The van der Waals surface area contributed by atoms with Crippen LogP contribution in [0.15, 0.2) is 36.8 Å². The number of nitrogens with zero attached hydrogens (tertiary/aromatic N) is 5. The van der Waals surface area contributed by atoms with E-state index in [1.54, 1.807) is 17.1 Å². The summed E-state index contributed by atoms with van der Waals surface area (Å²) in [5.41, 5.74) is 2.20. The first-order valence-corrected chi connectivity index (χ1v) is 9.31. The molecule has 0 atom stereocenters. The molecule has 0 radical (unpaired) electrons. The highest BCUT2D eigenvalue weighted by molar-refractivity contribution is 5.70. The first kappa shape index (κ1) is 16.7. The van der Waals surface area contributed by atoms with Gasteiger partial charge in [0.15, 0.2) is 0 Å². The maximum absolute atomic E-state index is 11.5. The number of hydrogen-bond acceptors (Lipinski definition) is 5. The number of rotatable bonds is 1. The van der Waals surface area contributed by atoms with Crippen molar-refractivity contribution in [2.45, 2.75) is 18.4 Å². The van der Waals surface area contributed by atoms with Crippen LogP contribution in [0.1, 0.15) is 24.1 Å². The topological polar surface area (TPSA) is 76.7 Å². The summed E-state index contributed by atoms with van der Waals surface area (Å²) in [7, 11) is 1.87. The first-order valence-electron chi connectivity index (χ1n) is 9.31. The Bertz CT molecular complexity index is 1110. The zero-order valence-electron chi connectivity index (χ0n) is 15.6. The number of alkyl carbamates (subject to hydrolysis) is 1. The van der Waals surface area contributed by atoms with Crippen LogP contribution in [0.2, 0.25) is 0 Å². The Morgan fingerprint density at radius 2 is 2.07 bits per heavy atom. The summed E-state index contributed by atoms with van der Waals surface area (Å²) in [4.78, 5) is 18.3. The molecule has 1 N–H and O–H groups in total. The highest BCUT2D eigenvalue weighted by atomic mass is 16.6. The molecule has 3 aromatic rings. The van der Waals surface area contributed by atoms with E-state index < -0.39 is 0 Å². The average molecular weight is 376 g/mol. The van der Waals surface area contributed by atoms with Crippen molar-refractivity contribution in [2.24, 2.45) is 7.05 Å². The largest absolute Gasteiger partial charge is 0.441 e. The van der Waals surface area contributed by atoms with Gasteiger partial charge in [0.25, 0.3) is 0 Å². The van der Waals surface area contributed by atoms with E-state index >= 15 is 0 Å². The Kier molecular flexibility index (Phi) is 3.76. The van der Waals surface area contributed by atoms with Gasteiger partial charge in [-0.2, -0.15) is 5.10 Å². The van der Waals surface area contributed by atoms with Gasteiger partial charge in [-0.3, -0.25) is 9.08 Å². The first-order chi connectivity index (χ1) is 13.6. The third-order valence-corrected chi connectivity index (χ3v) is 5.41. The molecule has 1 amide bonds. The van der Waals surface area contributed by atoms with E-state index in [1.807, 2.05) is 25.4 Å². The van der Waals surface area contributed by atoms with Crippen LogP contribution in [0, 0.1) is 11.8 Å². The molecule has 0 aliphatic carbocycles. The van der Waals surface area contributed by atoms with Crippen LogP contribution in [0.5, 0.6) is 0 Å². The molecule has 8 heteroatoms. The molecule has 2 fully saturated rings. The number of aromatic nitrogens is 4. The summed E-state index contributed by atoms with van der Waals surface area (Å²) >= 11 is 0. The van der Waals surface area contributed by atoms with Gasteiger partial charge in [0, 0.05) is 39.2 Å². The number of imidazole rings is 1. The van der Waals surface area contributed by atoms with E-state index in [0.29, 0.717) is 6.54 Å². The fraction of sp³-hybridized carbons (Fsp3) is 0.350. The Balaban J connectivity index is 1.45. The molecule has 142 valence electrons. The average Bonchev–Trinajstić information content (AvgIpc) is 3.40. The number of piperidine rings is 1.